The van der Waals surface area contributed by atoms with Crippen LogP contribution in [-0.2, 0) is 44.1 Å². The molecule has 0 aromatic heterocycles. The zero-order chi connectivity index (χ0) is 36.8. The third kappa shape index (κ3) is 8.56. The summed E-state index contributed by atoms with van der Waals surface area (Å²) >= 11 is 0. The van der Waals surface area contributed by atoms with Crippen LogP contribution < -0.4 is 10.4 Å². The molecule has 0 N–H and O–H groups in total. The molecule has 56 heavy (non-hydrogen) atoms. The summed E-state index contributed by atoms with van der Waals surface area (Å²) in [6.45, 7) is 14.5. The van der Waals surface area contributed by atoms with Crippen LogP contribution in [0.1, 0.15) is 22.3 Å². The van der Waals surface area contributed by atoms with Crippen molar-refractivity contribution in [3.8, 4) is 22.3 Å². The Kier molecular flexibility index (Phi) is 13.2. The fourth-order valence-electron chi connectivity index (χ4n) is 8.35. The number of hydrogen-bond acceptors (Lipinski definition) is 0. The summed E-state index contributed by atoms with van der Waals surface area (Å²) < 4.78 is 0. The molecule has 0 aliphatic carbocycles. The molecule has 0 unspecified atom stereocenters. The molecule has 0 nitrogen and oxygen atoms in total. The van der Waals surface area contributed by atoms with Gasteiger partial charge in [-0.15, -0.1) is 69.1 Å². The first kappa shape index (κ1) is 43.0. The molecule has 3 heteroatoms. The molecule has 0 fully saturated rings. The molecule has 0 amide bonds. The molecule has 8 aromatic rings. The monoisotopic (exact) mass is 928 g/mol. The second-order valence-corrected chi connectivity index (χ2v) is 27.3. The van der Waals surface area contributed by atoms with E-state index in [1.807, 2.05) is 0 Å². The molecule has 0 bridgehead atoms. The third-order valence-electron chi connectivity index (χ3n) is 11.4. The molecule has 0 spiro atoms. The second-order valence-electron chi connectivity index (χ2n) is 17.2. The van der Waals surface area contributed by atoms with E-state index in [-0.39, 0.29) is 46.1 Å². The Morgan fingerprint density at radius 3 is 1.12 bits per heavy atom. The summed E-state index contributed by atoms with van der Waals surface area (Å²) in [5.74, 6) is 0. The first-order valence-electron chi connectivity index (χ1n) is 19.2. The Morgan fingerprint density at radius 2 is 0.786 bits per heavy atom. The van der Waals surface area contributed by atoms with E-state index < -0.39 is 16.1 Å². The van der Waals surface area contributed by atoms with E-state index in [9.17, 15) is 0 Å². The molecule has 280 valence electrons. The topological polar surface area (TPSA) is 0 Å². The number of benzene rings is 6. The molecule has 8 aromatic carbocycles. The van der Waals surface area contributed by atoms with Gasteiger partial charge < -0.3 is 14.9 Å². The standard InChI is InChI=1S/C51H50Si2.2CH3.Hf/c1-52(2,3)45-27-23-39(24-28-45)47-21-13-19-41-31-43(33-49(41)47)51(35-37-15-9-7-10-16-37,36-38-17-11-8-12-18-38)44-32-42-20-14-22-48(50(42)34-44)40-25-29-46(30-26-40)53(4,5)6;;;/h7-34H,35-36H2,1-6H3;2*1H3;/q-2;2*-1;+4. The number of rotatable bonds is 10. The minimum absolute atomic E-state index is 0. The van der Waals surface area contributed by atoms with Crippen LogP contribution in [-0.4, -0.2) is 16.1 Å². The van der Waals surface area contributed by atoms with Crippen molar-refractivity contribution in [3.63, 3.8) is 0 Å². The van der Waals surface area contributed by atoms with E-state index in [1.54, 1.807) is 0 Å². The molecule has 0 atom stereocenters. The van der Waals surface area contributed by atoms with Crippen molar-refractivity contribution < 1.29 is 25.8 Å². The minimum Gasteiger partial charge on any atom is -0.358 e. The number of fused-ring (bicyclic) bond motifs is 2. The maximum atomic E-state index is 2.52. The summed E-state index contributed by atoms with van der Waals surface area (Å²) in [6, 6.07) is 64.8. The van der Waals surface area contributed by atoms with Crippen LogP contribution in [0, 0.1) is 14.9 Å². The fraction of sp³-hybridized carbons (Fsp3) is 0.170. The molecule has 0 saturated heterocycles. The van der Waals surface area contributed by atoms with Crippen LogP contribution in [0.25, 0.3) is 43.8 Å². The van der Waals surface area contributed by atoms with Gasteiger partial charge in [-0.1, -0.05) is 182 Å². The zero-order valence-corrected chi connectivity index (χ0v) is 40.2. The summed E-state index contributed by atoms with van der Waals surface area (Å²) in [7, 11) is -2.78. The van der Waals surface area contributed by atoms with Gasteiger partial charge in [0, 0.05) is 0 Å². The normalized spacial score (nSPS) is 11.8. The maximum absolute atomic E-state index is 2.52. The molecule has 0 radical (unpaired) electrons. The van der Waals surface area contributed by atoms with Crippen molar-refractivity contribution in [2.24, 2.45) is 0 Å². The van der Waals surface area contributed by atoms with Crippen molar-refractivity contribution in [1.82, 2.24) is 0 Å². The van der Waals surface area contributed by atoms with Crippen LogP contribution >= 0.6 is 0 Å². The minimum atomic E-state index is -1.39. The molecular formula is C53H56HfSi2. The van der Waals surface area contributed by atoms with Gasteiger partial charge in [-0.3, -0.25) is 0 Å². The van der Waals surface area contributed by atoms with Crippen molar-refractivity contribution in [3.05, 3.63) is 207 Å². The molecule has 0 heterocycles. The summed E-state index contributed by atoms with van der Waals surface area (Å²) in [6.07, 6.45) is 1.80. The van der Waals surface area contributed by atoms with E-state index in [0.717, 1.165) is 12.8 Å². The van der Waals surface area contributed by atoms with E-state index in [0.29, 0.717) is 0 Å². The molecular weight excluding hydrogens is 871 g/mol. The predicted molar refractivity (Wildman–Crippen MR) is 250 cm³/mol. The summed E-state index contributed by atoms with van der Waals surface area (Å²) in [5.41, 5.74) is 10.3. The maximum Gasteiger partial charge on any atom is 4.00 e. The predicted octanol–water partition coefficient (Wildman–Crippen LogP) is 13.5. The van der Waals surface area contributed by atoms with Gasteiger partial charge >= 0.3 is 25.8 Å². The van der Waals surface area contributed by atoms with E-state index in [2.05, 4.69) is 209 Å². The van der Waals surface area contributed by atoms with Gasteiger partial charge in [0.2, 0.25) is 0 Å². The SMILES string of the molecule is C[Si](C)(C)c1ccc(-c2cccc3[cH-]c(C(Cc4ccccc4)(Cc4ccccc4)c4cc5c(-c6ccc([Si](C)(C)C)cc6)cccc5[cH-]4)cc23)cc1.[CH3-].[CH3-].[Hf+4]. The quantitative estimate of drug-likeness (QED) is 0.0947. The fourth-order valence-corrected chi connectivity index (χ4v) is 10.7. The molecule has 8 rings (SSSR count). The Balaban J connectivity index is 0.00000200. The van der Waals surface area contributed by atoms with Crippen molar-refractivity contribution >= 4 is 48.1 Å². The average Bonchev–Trinajstić information content (AvgIpc) is 3.81. The van der Waals surface area contributed by atoms with Crippen molar-refractivity contribution in [2.75, 3.05) is 0 Å². The number of hydrogen-bond donors (Lipinski definition) is 0. The molecule has 0 aliphatic rings. The first-order chi connectivity index (χ1) is 25.5. The molecule has 0 aliphatic heterocycles. The van der Waals surface area contributed by atoms with E-state index in [1.165, 1.54) is 76.4 Å². The van der Waals surface area contributed by atoms with Crippen LogP contribution in [0.5, 0.6) is 0 Å². The zero-order valence-electron chi connectivity index (χ0n) is 34.6. The van der Waals surface area contributed by atoms with Gasteiger partial charge in [-0.2, -0.15) is 12.1 Å². The van der Waals surface area contributed by atoms with Gasteiger partial charge in [0.05, 0.1) is 16.1 Å². The Morgan fingerprint density at radius 1 is 0.429 bits per heavy atom. The first-order valence-corrected chi connectivity index (χ1v) is 26.2. The van der Waals surface area contributed by atoms with Crippen molar-refractivity contribution in [2.45, 2.75) is 57.5 Å². The second kappa shape index (κ2) is 17.1. The smallest absolute Gasteiger partial charge is 0.358 e. The Bertz CT molecular complexity index is 2310. The Hall–Kier alpha value is -4.16. The van der Waals surface area contributed by atoms with E-state index >= 15 is 0 Å². The average molecular weight is 928 g/mol. The van der Waals surface area contributed by atoms with Crippen LogP contribution in [0.15, 0.2) is 170 Å². The summed E-state index contributed by atoms with van der Waals surface area (Å²) in [5, 5.41) is 8.25. The van der Waals surface area contributed by atoms with Gasteiger partial charge in [0.1, 0.15) is 0 Å². The largest absolute Gasteiger partial charge is 4.00 e. The third-order valence-corrected chi connectivity index (χ3v) is 15.6. The van der Waals surface area contributed by atoms with Crippen LogP contribution in [0.4, 0.5) is 0 Å². The van der Waals surface area contributed by atoms with Crippen LogP contribution in [0.2, 0.25) is 39.3 Å². The van der Waals surface area contributed by atoms with Crippen LogP contribution in [0.3, 0.4) is 0 Å². The van der Waals surface area contributed by atoms with Gasteiger partial charge in [0.15, 0.2) is 0 Å². The van der Waals surface area contributed by atoms with Gasteiger partial charge in [-0.05, 0) is 40.5 Å². The molecule has 0 saturated carbocycles. The van der Waals surface area contributed by atoms with E-state index in [4.69, 9.17) is 0 Å². The van der Waals surface area contributed by atoms with Crippen molar-refractivity contribution in [1.29, 1.82) is 0 Å². The van der Waals surface area contributed by atoms with Gasteiger partial charge in [0.25, 0.3) is 0 Å². The summed E-state index contributed by atoms with van der Waals surface area (Å²) in [4.78, 5) is 0. The van der Waals surface area contributed by atoms with Gasteiger partial charge in [-0.25, -0.2) is 0 Å². The Labute approximate surface area is 358 Å².